The molecule has 0 unspecified atom stereocenters. The normalized spacial score (nSPS) is 25.1. The fourth-order valence-electron chi connectivity index (χ4n) is 4.40. The standard InChI is InChI=1S/C19H21F2N5OS/c1-10-23-15(9-28-10)12-2-3-13(12)16-24-17-14(18(27)25-16)8-22-26(17)11-4-6-19(20,21)7-5-11/h8-9,11-13H,2-7H2,1H3,(H,24,25,27)/t12-,13+/m1/s1. The van der Waals surface area contributed by atoms with Crippen LogP contribution in [0.1, 0.15) is 72.9 Å². The van der Waals surface area contributed by atoms with Gasteiger partial charge in [0.05, 0.1) is 22.9 Å². The minimum Gasteiger partial charge on any atom is -0.310 e. The number of nitrogens with zero attached hydrogens (tertiary/aromatic N) is 4. The first-order valence-corrected chi connectivity index (χ1v) is 10.6. The topological polar surface area (TPSA) is 76.5 Å². The molecule has 0 bridgehead atoms. The highest BCUT2D eigenvalue weighted by Crippen LogP contribution is 2.48. The van der Waals surface area contributed by atoms with Crippen LogP contribution in [0.3, 0.4) is 0 Å². The molecule has 2 saturated carbocycles. The lowest BCUT2D eigenvalue weighted by Crippen LogP contribution is -2.28. The molecule has 0 spiro atoms. The summed E-state index contributed by atoms with van der Waals surface area (Å²) < 4.78 is 28.7. The van der Waals surface area contributed by atoms with E-state index in [-0.39, 0.29) is 36.3 Å². The number of halogens is 2. The van der Waals surface area contributed by atoms with Crippen LogP contribution in [0.4, 0.5) is 8.78 Å². The van der Waals surface area contributed by atoms with Gasteiger partial charge in [0, 0.05) is 30.1 Å². The van der Waals surface area contributed by atoms with Gasteiger partial charge in [-0.2, -0.15) is 5.10 Å². The highest BCUT2D eigenvalue weighted by molar-refractivity contribution is 7.09. The van der Waals surface area contributed by atoms with Crippen LogP contribution in [0, 0.1) is 6.92 Å². The van der Waals surface area contributed by atoms with E-state index in [1.54, 1.807) is 16.0 Å². The average Bonchev–Trinajstić information content (AvgIpc) is 3.21. The van der Waals surface area contributed by atoms with Crippen LogP contribution in [0.15, 0.2) is 16.4 Å². The van der Waals surface area contributed by atoms with Gasteiger partial charge in [-0.1, -0.05) is 0 Å². The summed E-state index contributed by atoms with van der Waals surface area (Å²) in [6.45, 7) is 1.99. The molecule has 148 valence electrons. The Labute approximate surface area is 164 Å². The van der Waals surface area contributed by atoms with Gasteiger partial charge in [-0.3, -0.25) is 4.79 Å². The van der Waals surface area contributed by atoms with E-state index in [1.807, 2.05) is 6.92 Å². The number of aromatic nitrogens is 5. The van der Waals surface area contributed by atoms with E-state index in [0.29, 0.717) is 29.7 Å². The van der Waals surface area contributed by atoms with Crippen molar-refractivity contribution in [3.63, 3.8) is 0 Å². The largest absolute Gasteiger partial charge is 0.310 e. The van der Waals surface area contributed by atoms with Crippen LogP contribution in [-0.4, -0.2) is 30.7 Å². The van der Waals surface area contributed by atoms with Crippen molar-refractivity contribution >= 4 is 22.4 Å². The Kier molecular flexibility index (Phi) is 4.12. The SMILES string of the molecule is Cc1nc([C@@H]2CC[C@@H]2c2nc3c(cnn3C3CCC(F)(F)CC3)c(=O)[nH]2)cs1. The van der Waals surface area contributed by atoms with E-state index in [1.165, 1.54) is 6.20 Å². The molecular weight excluding hydrogens is 384 g/mol. The van der Waals surface area contributed by atoms with E-state index >= 15 is 0 Å². The minimum atomic E-state index is -2.60. The van der Waals surface area contributed by atoms with Gasteiger partial charge in [-0.25, -0.2) is 23.4 Å². The molecular formula is C19H21F2N5OS. The molecule has 3 heterocycles. The number of alkyl halides is 2. The Bertz CT molecular complexity index is 1080. The third kappa shape index (κ3) is 2.96. The van der Waals surface area contributed by atoms with E-state index in [4.69, 9.17) is 4.98 Å². The average molecular weight is 405 g/mol. The maximum Gasteiger partial charge on any atom is 0.262 e. The number of thiazole rings is 1. The van der Waals surface area contributed by atoms with E-state index in [9.17, 15) is 13.6 Å². The summed E-state index contributed by atoms with van der Waals surface area (Å²) in [5.74, 6) is -1.56. The molecule has 2 fully saturated rings. The van der Waals surface area contributed by atoms with Gasteiger partial charge in [0.25, 0.3) is 5.56 Å². The number of H-pyrrole nitrogens is 1. The molecule has 9 heteroatoms. The molecule has 0 aromatic carbocycles. The fraction of sp³-hybridized carbons (Fsp3) is 0.579. The molecule has 2 atom stereocenters. The third-order valence-electron chi connectivity index (χ3n) is 6.16. The summed E-state index contributed by atoms with van der Waals surface area (Å²) in [5, 5.41) is 7.86. The second-order valence-corrected chi connectivity index (χ2v) is 9.01. The number of rotatable bonds is 3. The van der Waals surface area contributed by atoms with Crippen LogP contribution in [0.5, 0.6) is 0 Å². The Morgan fingerprint density at radius 3 is 2.57 bits per heavy atom. The summed E-state index contributed by atoms with van der Waals surface area (Å²) in [5.41, 5.74) is 1.35. The smallest absolute Gasteiger partial charge is 0.262 e. The molecule has 28 heavy (non-hydrogen) atoms. The highest BCUT2D eigenvalue weighted by atomic mass is 32.1. The van der Waals surface area contributed by atoms with Crippen LogP contribution >= 0.6 is 11.3 Å². The molecule has 5 rings (SSSR count). The van der Waals surface area contributed by atoms with Crippen molar-refractivity contribution < 1.29 is 8.78 Å². The summed E-state index contributed by atoms with van der Waals surface area (Å²) in [7, 11) is 0. The zero-order chi connectivity index (χ0) is 19.5. The lowest BCUT2D eigenvalue weighted by Gasteiger charge is -2.34. The van der Waals surface area contributed by atoms with Crippen LogP contribution in [0.25, 0.3) is 11.0 Å². The first-order valence-electron chi connectivity index (χ1n) is 9.68. The van der Waals surface area contributed by atoms with Gasteiger partial charge >= 0.3 is 0 Å². The van der Waals surface area contributed by atoms with Crippen molar-refractivity contribution in [3.05, 3.63) is 38.5 Å². The monoisotopic (exact) mass is 405 g/mol. The molecule has 0 aliphatic heterocycles. The number of hydrogen-bond donors (Lipinski definition) is 1. The second-order valence-electron chi connectivity index (χ2n) is 7.95. The second kappa shape index (κ2) is 6.43. The van der Waals surface area contributed by atoms with Crippen LogP contribution in [-0.2, 0) is 0 Å². The molecule has 0 saturated heterocycles. The summed E-state index contributed by atoms with van der Waals surface area (Å²) in [6.07, 6.45) is 3.85. The van der Waals surface area contributed by atoms with E-state index in [0.717, 1.165) is 23.5 Å². The highest BCUT2D eigenvalue weighted by Gasteiger charge is 2.38. The predicted molar refractivity (Wildman–Crippen MR) is 102 cm³/mol. The Morgan fingerprint density at radius 1 is 1.18 bits per heavy atom. The van der Waals surface area contributed by atoms with Gasteiger partial charge in [0.1, 0.15) is 11.2 Å². The zero-order valence-electron chi connectivity index (χ0n) is 15.5. The maximum absolute atomic E-state index is 13.5. The van der Waals surface area contributed by atoms with Gasteiger partial charge in [-0.15, -0.1) is 11.3 Å². The number of nitrogens with one attached hydrogen (secondary N) is 1. The van der Waals surface area contributed by atoms with E-state index in [2.05, 4.69) is 20.4 Å². The number of fused-ring (bicyclic) bond motifs is 1. The first kappa shape index (κ1) is 17.9. The lowest BCUT2D eigenvalue weighted by atomic mass is 9.71. The Balaban J connectivity index is 1.49. The fourth-order valence-corrected chi connectivity index (χ4v) is 5.07. The molecule has 1 N–H and O–H groups in total. The summed E-state index contributed by atoms with van der Waals surface area (Å²) in [6, 6.07) is -0.141. The number of aryl methyl sites for hydroxylation is 1. The van der Waals surface area contributed by atoms with Crippen molar-refractivity contribution in [1.82, 2.24) is 24.7 Å². The molecule has 3 aromatic rings. The Hall–Kier alpha value is -2.16. The quantitative estimate of drug-likeness (QED) is 0.705. The number of hydrogen-bond acceptors (Lipinski definition) is 5. The van der Waals surface area contributed by atoms with Gasteiger partial charge in [0.15, 0.2) is 5.65 Å². The summed E-state index contributed by atoms with van der Waals surface area (Å²) >= 11 is 1.63. The van der Waals surface area contributed by atoms with Crippen molar-refractivity contribution in [2.75, 3.05) is 0 Å². The predicted octanol–water partition coefficient (Wildman–Crippen LogP) is 4.30. The third-order valence-corrected chi connectivity index (χ3v) is 6.95. The first-order chi connectivity index (χ1) is 13.4. The molecule has 6 nitrogen and oxygen atoms in total. The molecule has 3 aromatic heterocycles. The van der Waals surface area contributed by atoms with Crippen LogP contribution < -0.4 is 5.56 Å². The maximum atomic E-state index is 13.5. The van der Waals surface area contributed by atoms with Gasteiger partial charge in [0.2, 0.25) is 5.92 Å². The molecule has 2 aliphatic carbocycles. The minimum absolute atomic E-state index is 0.123. The van der Waals surface area contributed by atoms with Gasteiger partial charge in [-0.05, 0) is 32.6 Å². The number of aromatic amines is 1. The van der Waals surface area contributed by atoms with Gasteiger partial charge < -0.3 is 4.98 Å². The van der Waals surface area contributed by atoms with Crippen molar-refractivity contribution in [2.45, 2.75) is 69.2 Å². The molecule has 2 aliphatic rings. The van der Waals surface area contributed by atoms with Crippen molar-refractivity contribution in [1.29, 1.82) is 0 Å². The van der Waals surface area contributed by atoms with E-state index < -0.39 is 5.92 Å². The Morgan fingerprint density at radius 2 is 1.93 bits per heavy atom. The van der Waals surface area contributed by atoms with Crippen molar-refractivity contribution in [2.24, 2.45) is 0 Å². The van der Waals surface area contributed by atoms with Crippen molar-refractivity contribution in [3.8, 4) is 0 Å². The molecule has 0 amide bonds. The zero-order valence-corrected chi connectivity index (χ0v) is 16.3. The lowest BCUT2D eigenvalue weighted by molar-refractivity contribution is -0.0446. The molecule has 0 radical (unpaired) electrons. The summed E-state index contributed by atoms with van der Waals surface area (Å²) in [4.78, 5) is 24.9. The van der Waals surface area contributed by atoms with Crippen LogP contribution in [0.2, 0.25) is 0 Å².